The number of nitrogens with one attached hydrogen (secondary N) is 1. The first-order valence-electron chi connectivity index (χ1n) is 8.30. The molecule has 7 nitrogen and oxygen atoms in total. The molecule has 0 spiro atoms. The molecule has 1 aromatic heterocycles. The molecule has 1 aliphatic heterocycles. The fourth-order valence-electron chi connectivity index (χ4n) is 3.46. The molecular formula is C16H25N5O2S. The van der Waals surface area contributed by atoms with Crippen LogP contribution in [0.25, 0.3) is 0 Å². The Morgan fingerprint density at radius 1 is 1.33 bits per heavy atom. The largest absolute Gasteiger partial charge is 0.349 e. The van der Waals surface area contributed by atoms with Gasteiger partial charge in [0, 0.05) is 50.1 Å². The molecule has 0 saturated heterocycles. The Bertz CT molecular complexity index is 621. The van der Waals surface area contributed by atoms with Crippen LogP contribution in [0.4, 0.5) is 0 Å². The Balaban J connectivity index is 1.64. The standard InChI is InChI=1S/C16H25N5O2S/c1-20(2)16(23)9-4-5-10(17)11(6-9)18-14(22)15-19-12-7-21(3)8-13(12)24-15/h9-11H,4-8,17H2,1-3H3,(H,18,22)/t9-,10-,11+/m0/s1. The third kappa shape index (κ3) is 3.45. The molecule has 3 N–H and O–H groups in total. The number of carbonyl (C=O) groups is 2. The maximum absolute atomic E-state index is 12.5. The highest BCUT2D eigenvalue weighted by atomic mass is 32.1. The number of hydrogen-bond acceptors (Lipinski definition) is 6. The summed E-state index contributed by atoms with van der Waals surface area (Å²) in [5, 5.41) is 3.51. The second-order valence-electron chi connectivity index (χ2n) is 7.05. The van der Waals surface area contributed by atoms with Crippen LogP contribution < -0.4 is 11.1 Å². The van der Waals surface area contributed by atoms with Crippen LogP contribution in [0.5, 0.6) is 0 Å². The summed E-state index contributed by atoms with van der Waals surface area (Å²) in [6.45, 7) is 1.64. The molecule has 132 valence electrons. The first kappa shape index (κ1) is 17.3. The normalized spacial score (nSPS) is 26.9. The van der Waals surface area contributed by atoms with E-state index < -0.39 is 0 Å². The highest BCUT2D eigenvalue weighted by Gasteiger charge is 2.34. The quantitative estimate of drug-likeness (QED) is 0.823. The van der Waals surface area contributed by atoms with Crippen LogP contribution in [0.1, 0.15) is 39.6 Å². The Kier molecular flexibility index (Phi) is 4.89. The zero-order valence-corrected chi connectivity index (χ0v) is 15.2. The Morgan fingerprint density at radius 2 is 2.08 bits per heavy atom. The molecule has 8 heteroatoms. The Hall–Kier alpha value is -1.51. The van der Waals surface area contributed by atoms with Gasteiger partial charge in [-0.05, 0) is 26.3 Å². The number of nitrogens with two attached hydrogens (primary N) is 1. The number of nitrogens with zero attached hydrogens (tertiary/aromatic N) is 3. The summed E-state index contributed by atoms with van der Waals surface area (Å²) in [6, 6.07) is -0.292. The predicted octanol–water partition coefficient (Wildman–Crippen LogP) is 0.403. The van der Waals surface area contributed by atoms with Gasteiger partial charge in [0.15, 0.2) is 5.01 Å². The number of rotatable bonds is 3. The number of aromatic nitrogens is 1. The van der Waals surface area contributed by atoms with E-state index in [2.05, 4.69) is 15.2 Å². The summed E-state index contributed by atoms with van der Waals surface area (Å²) >= 11 is 1.45. The lowest BCUT2D eigenvalue weighted by Gasteiger charge is -2.34. The highest BCUT2D eigenvalue weighted by molar-refractivity contribution is 7.13. The van der Waals surface area contributed by atoms with E-state index in [1.807, 2.05) is 7.05 Å². The third-order valence-electron chi connectivity index (χ3n) is 4.82. The van der Waals surface area contributed by atoms with Crippen LogP contribution in [0, 0.1) is 5.92 Å². The van der Waals surface area contributed by atoms with E-state index in [9.17, 15) is 9.59 Å². The summed E-state index contributed by atoms with van der Waals surface area (Å²) in [5.41, 5.74) is 7.17. The number of amides is 2. The van der Waals surface area contributed by atoms with Gasteiger partial charge >= 0.3 is 0 Å². The van der Waals surface area contributed by atoms with E-state index in [0.717, 1.165) is 36.5 Å². The number of hydrogen-bond donors (Lipinski definition) is 2. The third-order valence-corrected chi connectivity index (χ3v) is 5.90. The van der Waals surface area contributed by atoms with Crippen LogP contribution >= 0.6 is 11.3 Å². The van der Waals surface area contributed by atoms with Crippen molar-refractivity contribution in [3.05, 3.63) is 15.6 Å². The van der Waals surface area contributed by atoms with Gasteiger partial charge in [-0.25, -0.2) is 4.98 Å². The zero-order chi connectivity index (χ0) is 17.4. The van der Waals surface area contributed by atoms with Crippen molar-refractivity contribution in [2.45, 2.75) is 44.4 Å². The van der Waals surface area contributed by atoms with Gasteiger partial charge in [-0.2, -0.15) is 0 Å². The van der Waals surface area contributed by atoms with Gasteiger partial charge in [-0.3, -0.25) is 14.5 Å². The second-order valence-corrected chi connectivity index (χ2v) is 8.13. The zero-order valence-electron chi connectivity index (χ0n) is 14.4. The summed E-state index contributed by atoms with van der Waals surface area (Å²) in [6.07, 6.45) is 2.12. The minimum atomic E-state index is -0.179. The molecule has 2 heterocycles. The minimum absolute atomic E-state index is 0.0694. The SMILES string of the molecule is CN1Cc2nc(C(=O)N[C@@H]3C[C@@H](C(=O)N(C)C)CC[C@@H]3N)sc2C1. The van der Waals surface area contributed by atoms with Crippen molar-refractivity contribution in [1.29, 1.82) is 0 Å². The van der Waals surface area contributed by atoms with Gasteiger partial charge in [-0.15, -0.1) is 11.3 Å². The van der Waals surface area contributed by atoms with Gasteiger partial charge in [0.1, 0.15) is 0 Å². The van der Waals surface area contributed by atoms with Crippen molar-refractivity contribution < 1.29 is 9.59 Å². The first-order chi connectivity index (χ1) is 11.3. The van der Waals surface area contributed by atoms with Gasteiger partial charge in [0.25, 0.3) is 5.91 Å². The van der Waals surface area contributed by atoms with Crippen molar-refractivity contribution in [3.8, 4) is 0 Å². The molecule has 0 unspecified atom stereocenters. The van der Waals surface area contributed by atoms with E-state index in [1.165, 1.54) is 11.3 Å². The molecule has 0 radical (unpaired) electrons. The van der Waals surface area contributed by atoms with Crippen molar-refractivity contribution in [3.63, 3.8) is 0 Å². The first-order valence-corrected chi connectivity index (χ1v) is 9.11. The van der Waals surface area contributed by atoms with E-state index in [-0.39, 0.29) is 29.8 Å². The molecule has 0 bridgehead atoms. The highest BCUT2D eigenvalue weighted by Crippen LogP contribution is 2.28. The van der Waals surface area contributed by atoms with E-state index in [1.54, 1.807) is 19.0 Å². The summed E-state index contributed by atoms with van der Waals surface area (Å²) in [5.74, 6) is -0.132. The molecule has 3 rings (SSSR count). The van der Waals surface area contributed by atoms with Crippen molar-refractivity contribution >= 4 is 23.2 Å². The van der Waals surface area contributed by atoms with Crippen LogP contribution in [0.2, 0.25) is 0 Å². The molecule has 3 atom stereocenters. The summed E-state index contributed by atoms with van der Waals surface area (Å²) < 4.78 is 0. The van der Waals surface area contributed by atoms with Crippen molar-refractivity contribution in [2.24, 2.45) is 11.7 Å². The Labute approximate surface area is 146 Å². The molecular weight excluding hydrogens is 326 g/mol. The molecule has 0 aromatic carbocycles. The van der Waals surface area contributed by atoms with Crippen LogP contribution in [0.3, 0.4) is 0 Å². The van der Waals surface area contributed by atoms with Crippen LogP contribution in [0.15, 0.2) is 0 Å². The second kappa shape index (κ2) is 6.78. The average Bonchev–Trinajstić information content (AvgIpc) is 3.05. The molecule has 1 aliphatic carbocycles. The van der Waals surface area contributed by atoms with E-state index in [0.29, 0.717) is 11.4 Å². The molecule has 24 heavy (non-hydrogen) atoms. The maximum Gasteiger partial charge on any atom is 0.280 e. The average molecular weight is 351 g/mol. The molecule has 1 aromatic rings. The topological polar surface area (TPSA) is 91.6 Å². The molecule has 2 aliphatic rings. The van der Waals surface area contributed by atoms with E-state index in [4.69, 9.17) is 5.73 Å². The van der Waals surface area contributed by atoms with Gasteiger partial charge < -0.3 is 16.0 Å². The fraction of sp³-hybridized carbons (Fsp3) is 0.688. The summed E-state index contributed by atoms with van der Waals surface area (Å²) in [7, 11) is 5.56. The van der Waals surface area contributed by atoms with Crippen LogP contribution in [-0.2, 0) is 17.9 Å². The lowest BCUT2D eigenvalue weighted by molar-refractivity contribution is -0.134. The molecule has 2 amide bonds. The minimum Gasteiger partial charge on any atom is -0.349 e. The number of carbonyl (C=O) groups excluding carboxylic acids is 2. The van der Waals surface area contributed by atoms with Crippen molar-refractivity contribution in [1.82, 2.24) is 20.1 Å². The monoisotopic (exact) mass is 351 g/mol. The smallest absolute Gasteiger partial charge is 0.280 e. The lowest BCUT2D eigenvalue weighted by Crippen LogP contribution is -2.52. The van der Waals surface area contributed by atoms with Crippen molar-refractivity contribution in [2.75, 3.05) is 21.1 Å². The van der Waals surface area contributed by atoms with Gasteiger partial charge in [-0.1, -0.05) is 0 Å². The van der Waals surface area contributed by atoms with Gasteiger partial charge in [0.2, 0.25) is 5.91 Å². The number of thiazole rings is 1. The molecule has 1 saturated carbocycles. The number of fused-ring (bicyclic) bond motifs is 1. The predicted molar refractivity (Wildman–Crippen MR) is 92.5 cm³/mol. The van der Waals surface area contributed by atoms with Crippen LogP contribution in [-0.4, -0.2) is 59.8 Å². The Morgan fingerprint density at radius 3 is 2.75 bits per heavy atom. The summed E-state index contributed by atoms with van der Waals surface area (Å²) in [4.78, 5) is 34.1. The molecule has 1 fully saturated rings. The maximum atomic E-state index is 12.5. The fourth-order valence-corrected chi connectivity index (χ4v) is 4.52. The lowest BCUT2D eigenvalue weighted by atomic mass is 9.82. The van der Waals surface area contributed by atoms with E-state index >= 15 is 0 Å². The van der Waals surface area contributed by atoms with Gasteiger partial charge in [0.05, 0.1) is 5.69 Å².